The number of aliphatic imine (C=N–C) groups is 1. The zero-order valence-corrected chi connectivity index (χ0v) is 15.7. The lowest BCUT2D eigenvalue weighted by Crippen LogP contribution is -2.30. The second-order valence-corrected chi connectivity index (χ2v) is 6.71. The van der Waals surface area contributed by atoms with Crippen LogP contribution in [0.3, 0.4) is 0 Å². The van der Waals surface area contributed by atoms with E-state index in [4.69, 9.17) is 5.73 Å². The second kappa shape index (κ2) is 8.03. The monoisotopic (exact) mass is 364 g/mol. The zero-order chi connectivity index (χ0) is 19.4. The van der Waals surface area contributed by atoms with E-state index in [2.05, 4.69) is 17.2 Å². The molecule has 0 radical (unpaired) electrons. The van der Waals surface area contributed by atoms with Gasteiger partial charge >= 0.3 is 0 Å². The Kier molecular flexibility index (Phi) is 5.54. The van der Waals surface area contributed by atoms with Crippen LogP contribution in [0.4, 0.5) is 5.69 Å². The maximum atomic E-state index is 12.3. The van der Waals surface area contributed by atoms with Gasteiger partial charge in [-0.3, -0.25) is 19.5 Å². The first-order chi connectivity index (χ1) is 13.0. The minimum absolute atomic E-state index is 0.213. The van der Waals surface area contributed by atoms with Gasteiger partial charge in [-0.15, -0.1) is 0 Å². The minimum Gasteiger partial charge on any atom is -0.370 e. The first-order valence-electron chi connectivity index (χ1n) is 9.07. The van der Waals surface area contributed by atoms with Crippen LogP contribution in [-0.2, 0) is 0 Å². The summed E-state index contributed by atoms with van der Waals surface area (Å²) >= 11 is 0. The summed E-state index contributed by atoms with van der Waals surface area (Å²) in [6.45, 7) is 5.04. The van der Waals surface area contributed by atoms with Crippen molar-refractivity contribution in [1.29, 1.82) is 0 Å². The van der Waals surface area contributed by atoms with Crippen LogP contribution in [0.25, 0.3) is 0 Å². The van der Waals surface area contributed by atoms with Gasteiger partial charge in [-0.1, -0.05) is 18.2 Å². The van der Waals surface area contributed by atoms with E-state index in [1.165, 1.54) is 16.0 Å². The van der Waals surface area contributed by atoms with Gasteiger partial charge in [0.25, 0.3) is 11.8 Å². The van der Waals surface area contributed by atoms with E-state index in [1.807, 2.05) is 25.1 Å². The number of nitrogens with zero attached hydrogens (tertiary/aromatic N) is 2. The third-order valence-electron chi connectivity index (χ3n) is 4.73. The fourth-order valence-electron chi connectivity index (χ4n) is 3.03. The zero-order valence-electron chi connectivity index (χ0n) is 15.7. The Morgan fingerprint density at radius 3 is 2.30 bits per heavy atom. The molecule has 0 aromatic heterocycles. The molecule has 2 amide bonds. The van der Waals surface area contributed by atoms with E-state index in [0.29, 0.717) is 36.6 Å². The van der Waals surface area contributed by atoms with E-state index >= 15 is 0 Å². The van der Waals surface area contributed by atoms with Crippen molar-refractivity contribution in [2.45, 2.75) is 26.7 Å². The maximum absolute atomic E-state index is 12.3. The number of nitrogens with two attached hydrogens (primary N) is 1. The van der Waals surface area contributed by atoms with E-state index in [1.54, 1.807) is 24.3 Å². The molecule has 27 heavy (non-hydrogen) atoms. The fraction of sp³-hybridized carbons (Fsp3) is 0.286. The highest BCUT2D eigenvalue weighted by atomic mass is 16.2. The van der Waals surface area contributed by atoms with Crippen LogP contribution in [0.5, 0.6) is 0 Å². The van der Waals surface area contributed by atoms with Gasteiger partial charge in [0.1, 0.15) is 0 Å². The number of benzene rings is 2. The van der Waals surface area contributed by atoms with Crippen molar-refractivity contribution in [2.75, 3.05) is 18.4 Å². The minimum atomic E-state index is -0.213. The molecule has 2 aromatic rings. The van der Waals surface area contributed by atoms with Crippen LogP contribution in [0.15, 0.2) is 47.5 Å². The predicted octanol–water partition coefficient (Wildman–Crippen LogP) is 3.11. The maximum Gasteiger partial charge on any atom is 0.261 e. The Balaban J connectivity index is 1.45. The van der Waals surface area contributed by atoms with Crippen molar-refractivity contribution in [3.05, 3.63) is 64.7 Å². The van der Waals surface area contributed by atoms with Gasteiger partial charge < -0.3 is 11.1 Å². The molecule has 1 aliphatic rings. The molecule has 0 saturated heterocycles. The molecule has 0 bridgehead atoms. The molecule has 0 aliphatic carbocycles. The molecule has 6 nitrogen and oxygen atoms in total. The number of hydrogen-bond acceptors (Lipinski definition) is 3. The van der Waals surface area contributed by atoms with E-state index < -0.39 is 0 Å². The van der Waals surface area contributed by atoms with Gasteiger partial charge in [0.15, 0.2) is 5.96 Å². The number of nitrogens with one attached hydrogen (secondary N) is 1. The number of guanidine groups is 1. The smallest absolute Gasteiger partial charge is 0.261 e. The Hall–Kier alpha value is -3.15. The van der Waals surface area contributed by atoms with Gasteiger partial charge in [-0.05, 0) is 62.1 Å². The molecule has 140 valence electrons. The molecule has 3 rings (SSSR count). The number of amides is 2. The summed E-state index contributed by atoms with van der Waals surface area (Å²) in [5.74, 6) is -0.0657. The molecule has 0 fully saturated rings. The van der Waals surface area contributed by atoms with Crippen LogP contribution >= 0.6 is 0 Å². The topological polar surface area (TPSA) is 87.8 Å². The molecule has 6 heteroatoms. The Morgan fingerprint density at radius 2 is 1.67 bits per heavy atom. The Morgan fingerprint density at radius 1 is 1.00 bits per heavy atom. The quantitative estimate of drug-likeness (QED) is 0.357. The molecule has 3 N–H and O–H groups in total. The summed E-state index contributed by atoms with van der Waals surface area (Å²) in [6.07, 6.45) is 1.43. The lowest BCUT2D eigenvalue weighted by atomic mass is 10.1. The number of fused-ring (bicyclic) bond motifs is 1. The van der Waals surface area contributed by atoms with E-state index in [0.717, 1.165) is 12.1 Å². The van der Waals surface area contributed by atoms with Crippen molar-refractivity contribution in [1.82, 2.24) is 4.90 Å². The summed E-state index contributed by atoms with van der Waals surface area (Å²) in [4.78, 5) is 30.2. The average molecular weight is 364 g/mol. The molecular weight excluding hydrogens is 340 g/mol. The van der Waals surface area contributed by atoms with Crippen LogP contribution in [0, 0.1) is 13.8 Å². The number of aryl methyl sites for hydroxylation is 2. The van der Waals surface area contributed by atoms with Crippen LogP contribution in [0.2, 0.25) is 0 Å². The third-order valence-corrected chi connectivity index (χ3v) is 4.73. The van der Waals surface area contributed by atoms with Crippen LogP contribution < -0.4 is 11.1 Å². The summed E-state index contributed by atoms with van der Waals surface area (Å²) < 4.78 is 0. The first kappa shape index (κ1) is 18.6. The number of rotatable bonds is 6. The molecule has 0 atom stereocenters. The van der Waals surface area contributed by atoms with Crippen LogP contribution in [0.1, 0.15) is 44.7 Å². The molecule has 1 heterocycles. The average Bonchev–Trinajstić information content (AvgIpc) is 2.89. The number of hydrogen-bond donors (Lipinski definition) is 2. The largest absolute Gasteiger partial charge is 0.370 e. The fourth-order valence-corrected chi connectivity index (χ4v) is 3.03. The van der Waals surface area contributed by atoms with Crippen molar-refractivity contribution in [2.24, 2.45) is 10.7 Å². The Bertz CT molecular complexity index is 870. The standard InChI is InChI=1S/C21H24N4O2/c1-14-9-10-16(13-15(14)2)24-21(22)23-11-5-6-12-25-19(26)17-7-3-4-8-18(17)20(25)27/h3-4,7-10,13H,5-6,11-12H2,1-2H3,(H3,22,23,24). The molecule has 1 aliphatic heterocycles. The SMILES string of the molecule is Cc1ccc(NC(N)=NCCCCN2C(=O)c3ccccc3C2=O)cc1C. The molecule has 0 spiro atoms. The van der Waals surface area contributed by atoms with E-state index in [9.17, 15) is 9.59 Å². The molecule has 0 saturated carbocycles. The summed E-state index contributed by atoms with van der Waals surface area (Å²) in [5, 5.41) is 3.08. The van der Waals surface area contributed by atoms with Crippen molar-refractivity contribution >= 4 is 23.5 Å². The number of imide groups is 1. The second-order valence-electron chi connectivity index (χ2n) is 6.71. The van der Waals surface area contributed by atoms with Gasteiger partial charge in [0.05, 0.1) is 11.1 Å². The van der Waals surface area contributed by atoms with Gasteiger partial charge in [-0.2, -0.15) is 0 Å². The first-order valence-corrected chi connectivity index (χ1v) is 9.07. The summed E-state index contributed by atoms with van der Waals surface area (Å²) in [6, 6.07) is 13.0. The Labute approximate surface area is 159 Å². The van der Waals surface area contributed by atoms with Crippen molar-refractivity contribution in [3.63, 3.8) is 0 Å². The molecule has 0 unspecified atom stereocenters. The third kappa shape index (κ3) is 4.16. The van der Waals surface area contributed by atoms with Crippen molar-refractivity contribution < 1.29 is 9.59 Å². The summed E-state index contributed by atoms with van der Waals surface area (Å²) in [7, 11) is 0. The lowest BCUT2D eigenvalue weighted by molar-refractivity contribution is 0.0652. The summed E-state index contributed by atoms with van der Waals surface area (Å²) in [5.41, 5.74) is 10.2. The molecule has 2 aromatic carbocycles. The normalized spacial score (nSPS) is 13.9. The van der Waals surface area contributed by atoms with Crippen LogP contribution in [-0.4, -0.2) is 35.8 Å². The predicted molar refractivity (Wildman–Crippen MR) is 107 cm³/mol. The number of unbranched alkanes of at least 4 members (excludes halogenated alkanes) is 1. The van der Waals surface area contributed by atoms with Gasteiger partial charge in [0.2, 0.25) is 0 Å². The van der Waals surface area contributed by atoms with Crippen molar-refractivity contribution in [3.8, 4) is 0 Å². The number of carbonyl (C=O) groups excluding carboxylic acids is 2. The number of anilines is 1. The van der Waals surface area contributed by atoms with Gasteiger partial charge in [0, 0.05) is 18.8 Å². The van der Waals surface area contributed by atoms with Gasteiger partial charge in [-0.25, -0.2) is 0 Å². The highest BCUT2D eigenvalue weighted by molar-refractivity contribution is 6.21. The molecular formula is C21H24N4O2. The number of carbonyl (C=O) groups is 2. The highest BCUT2D eigenvalue weighted by Crippen LogP contribution is 2.22. The highest BCUT2D eigenvalue weighted by Gasteiger charge is 2.34. The van der Waals surface area contributed by atoms with E-state index in [-0.39, 0.29) is 11.8 Å². The lowest BCUT2D eigenvalue weighted by Gasteiger charge is -2.13.